The molecule has 3 rings (SSSR count). The third-order valence-electron chi connectivity index (χ3n) is 3.63. The number of pyridine rings is 1. The maximum Gasteiger partial charge on any atom is 0.277 e. The lowest BCUT2D eigenvalue weighted by Crippen LogP contribution is -2.29. The van der Waals surface area contributed by atoms with Crippen LogP contribution in [0.3, 0.4) is 0 Å². The summed E-state index contributed by atoms with van der Waals surface area (Å²) in [6.07, 6.45) is 4.67. The van der Waals surface area contributed by atoms with Crippen LogP contribution in [-0.4, -0.2) is 27.7 Å². The molecule has 20 heavy (non-hydrogen) atoms. The molecule has 1 amide bonds. The number of amides is 1. The van der Waals surface area contributed by atoms with Crippen molar-refractivity contribution in [2.75, 3.05) is 11.9 Å². The maximum atomic E-state index is 12.7. The molecule has 6 heteroatoms. The molecule has 0 saturated carbocycles. The molecule has 0 unspecified atom stereocenters. The second-order valence-electron chi connectivity index (χ2n) is 4.95. The van der Waals surface area contributed by atoms with E-state index in [1.165, 1.54) is 0 Å². The molecule has 0 atom stereocenters. The Balaban J connectivity index is 1.95. The highest BCUT2D eigenvalue weighted by atomic mass is 79.9. The molecule has 2 heterocycles. The van der Waals surface area contributed by atoms with E-state index in [0.29, 0.717) is 11.5 Å². The van der Waals surface area contributed by atoms with Crippen molar-refractivity contribution < 1.29 is 4.79 Å². The summed E-state index contributed by atoms with van der Waals surface area (Å²) in [4.78, 5) is 18.5. The third-order valence-corrected chi connectivity index (χ3v) is 4.10. The number of hydrogen-bond donors (Lipinski definition) is 0. The molecule has 0 aromatic carbocycles. The Morgan fingerprint density at radius 3 is 2.90 bits per heavy atom. The van der Waals surface area contributed by atoms with Gasteiger partial charge in [-0.2, -0.15) is 5.10 Å². The van der Waals surface area contributed by atoms with Crippen molar-refractivity contribution >= 4 is 27.7 Å². The molecule has 0 aliphatic heterocycles. The van der Waals surface area contributed by atoms with Crippen molar-refractivity contribution in [3.05, 3.63) is 39.8 Å². The van der Waals surface area contributed by atoms with Gasteiger partial charge in [-0.15, -0.1) is 0 Å². The molecular formula is C14H15BrN4O. The van der Waals surface area contributed by atoms with Gasteiger partial charge in [-0.05, 0) is 47.3 Å². The average Bonchev–Trinajstić information content (AvgIpc) is 2.98. The van der Waals surface area contributed by atoms with Crippen LogP contribution in [0.15, 0.2) is 22.8 Å². The predicted molar refractivity (Wildman–Crippen MR) is 79.9 cm³/mol. The fraction of sp³-hybridized carbons (Fsp3) is 0.357. The van der Waals surface area contributed by atoms with E-state index in [0.717, 1.165) is 35.0 Å². The Bertz CT molecular complexity index is 663. The fourth-order valence-electron chi connectivity index (χ4n) is 2.62. The monoisotopic (exact) mass is 334 g/mol. The number of hydrogen-bond acceptors (Lipinski definition) is 3. The Hall–Kier alpha value is -1.69. The first-order chi connectivity index (χ1) is 9.58. The minimum Gasteiger partial charge on any atom is -0.294 e. The SMILES string of the molecule is CN(C(=O)c1c2c(nn1C)CCC2)c1ccc(Br)cn1. The number of carbonyl (C=O) groups is 1. The predicted octanol–water partition coefficient (Wildman–Crippen LogP) is 2.34. The molecule has 1 aliphatic rings. The van der Waals surface area contributed by atoms with Gasteiger partial charge < -0.3 is 0 Å². The number of fused-ring (bicyclic) bond motifs is 1. The summed E-state index contributed by atoms with van der Waals surface area (Å²) in [5.41, 5.74) is 2.85. The molecule has 0 radical (unpaired) electrons. The van der Waals surface area contributed by atoms with E-state index in [1.54, 1.807) is 22.8 Å². The quantitative estimate of drug-likeness (QED) is 0.847. The minimum absolute atomic E-state index is 0.0574. The van der Waals surface area contributed by atoms with Gasteiger partial charge in [0.25, 0.3) is 5.91 Å². The van der Waals surface area contributed by atoms with Gasteiger partial charge in [0.2, 0.25) is 0 Å². The normalized spacial score (nSPS) is 13.3. The van der Waals surface area contributed by atoms with E-state index in [1.807, 2.05) is 19.2 Å². The number of rotatable bonds is 2. The lowest BCUT2D eigenvalue weighted by molar-refractivity contribution is 0.0982. The van der Waals surface area contributed by atoms with Gasteiger partial charge in [0.1, 0.15) is 11.5 Å². The van der Waals surface area contributed by atoms with Crippen LogP contribution in [0, 0.1) is 0 Å². The molecule has 0 saturated heterocycles. The summed E-state index contributed by atoms with van der Waals surface area (Å²) in [7, 11) is 3.57. The maximum absolute atomic E-state index is 12.7. The molecule has 2 aromatic heterocycles. The Labute approximate surface area is 125 Å². The number of halogens is 1. The van der Waals surface area contributed by atoms with Crippen LogP contribution >= 0.6 is 15.9 Å². The zero-order chi connectivity index (χ0) is 14.3. The lowest BCUT2D eigenvalue weighted by Gasteiger charge is -2.17. The molecule has 0 N–H and O–H groups in total. The van der Waals surface area contributed by atoms with Gasteiger partial charge in [0.15, 0.2) is 0 Å². The van der Waals surface area contributed by atoms with E-state index >= 15 is 0 Å². The highest BCUT2D eigenvalue weighted by Gasteiger charge is 2.27. The smallest absolute Gasteiger partial charge is 0.277 e. The van der Waals surface area contributed by atoms with E-state index in [2.05, 4.69) is 26.0 Å². The zero-order valence-electron chi connectivity index (χ0n) is 11.4. The standard InChI is InChI=1S/C14H15BrN4O/c1-18(12-7-6-9(15)8-16-12)14(20)13-10-4-3-5-11(10)17-19(13)2/h6-8H,3-5H2,1-2H3. The Morgan fingerprint density at radius 1 is 1.40 bits per heavy atom. The second kappa shape index (κ2) is 5.01. The van der Waals surface area contributed by atoms with Gasteiger partial charge in [-0.1, -0.05) is 0 Å². The van der Waals surface area contributed by atoms with E-state index < -0.39 is 0 Å². The van der Waals surface area contributed by atoms with Gasteiger partial charge in [0, 0.05) is 30.3 Å². The molecule has 104 valence electrons. The second-order valence-corrected chi connectivity index (χ2v) is 5.87. The van der Waals surface area contributed by atoms with Crippen molar-refractivity contribution in [1.29, 1.82) is 0 Å². The van der Waals surface area contributed by atoms with Crippen LogP contribution in [0.5, 0.6) is 0 Å². The van der Waals surface area contributed by atoms with Crippen LogP contribution in [-0.2, 0) is 19.9 Å². The molecular weight excluding hydrogens is 320 g/mol. The third kappa shape index (κ3) is 2.14. The number of aryl methyl sites for hydroxylation is 2. The van der Waals surface area contributed by atoms with E-state index in [-0.39, 0.29) is 5.91 Å². The highest BCUT2D eigenvalue weighted by Crippen LogP contribution is 2.26. The van der Waals surface area contributed by atoms with Gasteiger partial charge in [-0.25, -0.2) is 4.98 Å². The van der Waals surface area contributed by atoms with E-state index in [9.17, 15) is 4.79 Å². The van der Waals surface area contributed by atoms with Crippen molar-refractivity contribution in [1.82, 2.24) is 14.8 Å². The summed E-state index contributed by atoms with van der Waals surface area (Å²) >= 11 is 3.34. The summed E-state index contributed by atoms with van der Waals surface area (Å²) in [6, 6.07) is 3.69. The number of nitrogens with zero attached hydrogens (tertiary/aromatic N) is 4. The highest BCUT2D eigenvalue weighted by molar-refractivity contribution is 9.10. The van der Waals surface area contributed by atoms with Crippen molar-refractivity contribution in [2.24, 2.45) is 7.05 Å². The molecule has 2 aromatic rings. The van der Waals surface area contributed by atoms with Gasteiger partial charge in [-0.3, -0.25) is 14.4 Å². The molecule has 0 fully saturated rings. The van der Waals surface area contributed by atoms with Crippen LogP contribution in [0.2, 0.25) is 0 Å². The van der Waals surface area contributed by atoms with Crippen LogP contribution in [0.25, 0.3) is 0 Å². The first-order valence-electron chi connectivity index (χ1n) is 6.52. The van der Waals surface area contributed by atoms with Crippen molar-refractivity contribution in [3.63, 3.8) is 0 Å². The number of aromatic nitrogens is 3. The fourth-order valence-corrected chi connectivity index (χ4v) is 2.85. The Kier molecular flexibility index (Phi) is 3.33. The average molecular weight is 335 g/mol. The van der Waals surface area contributed by atoms with Crippen LogP contribution in [0.4, 0.5) is 5.82 Å². The van der Waals surface area contributed by atoms with Gasteiger partial charge >= 0.3 is 0 Å². The lowest BCUT2D eigenvalue weighted by atomic mass is 10.2. The summed E-state index contributed by atoms with van der Waals surface area (Å²) in [5, 5.41) is 4.44. The van der Waals surface area contributed by atoms with Crippen LogP contribution in [0.1, 0.15) is 28.2 Å². The van der Waals surface area contributed by atoms with Gasteiger partial charge in [0.05, 0.1) is 5.69 Å². The Morgan fingerprint density at radius 2 is 2.20 bits per heavy atom. The van der Waals surface area contributed by atoms with Crippen LogP contribution < -0.4 is 4.90 Å². The largest absolute Gasteiger partial charge is 0.294 e. The number of anilines is 1. The van der Waals surface area contributed by atoms with E-state index in [4.69, 9.17) is 0 Å². The minimum atomic E-state index is -0.0574. The topological polar surface area (TPSA) is 51.0 Å². The molecule has 0 spiro atoms. The summed E-state index contributed by atoms with van der Waals surface area (Å²) in [5.74, 6) is 0.573. The first kappa shape index (κ1) is 13.3. The molecule has 0 bridgehead atoms. The zero-order valence-corrected chi connectivity index (χ0v) is 13.0. The van der Waals surface area contributed by atoms with Crippen molar-refractivity contribution in [2.45, 2.75) is 19.3 Å². The van der Waals surface area contributed by atoms with Crippen molar-refractivity contribution in [3.8, 4) is 0 Å². The summed E-state index contributed by atoms with van der Waals surface area (Å²) < 4.78 is 2.59. The molecule has 5 nitrogen and oxygen atoms in total. The number of carbonyl (C=O) groups excluding carboxylic acids is 1. The first-order valence-corrected chi connectivity index (χ1v) is 7.31. The molecule has 1 aliphatic carbocycles. The summed E-state index contributed by atoms with van der Waals surface area (Å²) in [6.45, 7) is 0.